The van der Waals surface area contributed by atoms with Crippen LogP contribution in [0, 0.1) is 46.8 Å². The normalized spacial score (nSPS) is 44.0. The Hall–Kier alpha value is -2.47. The van der Waals surface area contributed by atoms with Crippen LogP contribution < -0.4 is 0 Å². The van der Waals surface area contributed by atoms with Crippen LogP contribution in [0.15, 0.2) is 42.5 Å². The second kappa shape index (κ2) is 7.55. The Morgan fingerprint density at radius 3 is 2.50 bits per heavy atom. The second-order valence-electron chi connectivity index (χ2n) is 10.1. The van der Waals surface area contributed by atoms with Gasteiger partial charge < -0.3 is 14.6 Å². The maximum Gasteiger partial charge on any atom is 0.338 e. The van der Waals surface area contributed by atoms with Crippen molar-refractivity contribution >= 4 is 17.7 Å². The lowest BCUT2D eigenvalue weighted by Crippen LogP contribution is -2.67. The molecule has 4 aliphatic rings. The second-order valence-corrected chi connectivity index (χ2v) is 10.1. The summed E-state index contributed by atoms with van der Waals surface area (Å²) in [5.74, 6) is -2.97. The van der Waals surface area contributed by atoms with Crippen molar-refractivity contribution < 1.29 is 29.0 Å². The third-order valence-electron chi connectivity index (χ3n) is 8.76. The molecule has 1 aromatic carbocycles. The highest BCUT2D eigenvalue weighted by Gasteiger charge is 2.73. The Kier molecular flexibility index (Phi) is 5.04. The summed E-state index contributed by atoms with van der Waals surface area (Å²) >= 11 is 0. The van der Waals surface area contributed by atoms with Crippen molar-refractivity contribution in [3.63, 3.8) is 0 Å². The number of carbonyl (C=O) groups is 3. The van der Waals surface area contributed by atoms with Gasteiger partial charge in [-0.05, 0) is 48.6 Å². The van der Waals surface area contributed by atoms with Crippen molar-refractivity contribution in [2.24, 2.45) is 46.8 Å². The number of esters is 2. The summed E-state index contributed by atoms with van der Waals surface area (Å²) in [5.41, 5.74) is -0.957. The Balaban J connectivity index is 1.65. The van der Waals surface area contributed by atoms with Gasteiger partial charge >= 0.3 is 11.9 Å². The summed E-state index contributed by atoms with van der Waals surface area (Å²) in [5, 5.41) is 10.7. The van der Waals surface area contributed by atoms with E-state index in [0.717, 1.165) is 6.42 Å². The third-order valence-corrected chi connectivity index (χ3v) is 8.76. The maximum absolute atomic E-state index is 14.2. The van der Waals surface area contributed by atoms with Crippen molar-refractivity contribution in [3.05, 3.63) is 48.0 Å². The van der Waals surface area contributed by atoms with Crippen molar-refractivity contribution in [2.75, 3.05) is 7.11 Å². The van der Waals surface area contributed by atoms with Gasteiger partial charge in [-0.25, -0.2) is 4.79 Å². The number of ether oxygens (including phenoxy) is 2. The molecule has 6 nitrogen and oxygen atoms in total. The van der Waals surface area contributed by atoms with E-state index in [2.05, 4.69) is 0 Å². The number of aliphatic hydroxyl groups is 1. The molecule has 4 aliphatic carbocycles. The molecular weight excluding hydrogens is 408 g/mol. The fraction of sp³-hybridized carbons (Fsp3) is 0.577. The van der Waals surface area contributed by atoms with Crippen LogP contribution >= 0.6 is 0 Å². The molecule has 0 radical (unpaired) electrons. The first-order chi connectivity index (χ1) is 15.3. The van der Waals surface area contributed by atoms with E-state index in [-0.39, 0.29) is 35.4 Å². The minimum Gasteiger partial charge on any atom is -0.468 e. The Morgan fingerprint density at radius 1 is 1.09 bits per heavy atom. The lowest BCUT2D eigenvalue weighted by molar-refractivity contribution is -0.193. The van der Waals surface area contributed by atoms with E-state index in [1.807, 2.05) is 32.1 Å². The lowest BCUT2D eigenvalue weighted by Gasteiger charge is -2.56. The zero-order chi connectivity index (χ0) is 22.8. The minimum absolute atomic E-state index is 0.00122. The van der Waals surface area contributed by atoms with E-state index in [4.69, 9.17) is 9.47 Å². The molecule has 10 unspecified atom stereocenters. The Morgan fingerprint density at radius 2 is 1.81 bits per heavy atom. The SMILES string of the molecule is COC(=O)C12C(=O)C3C4CC(O)C(C4)C3C(OC(=O)c3ccccc3)C1C(C)C=CC2C. The molecule has 0 amide bonds. The van der Waals surface area contributed by atoms with Gasteiger partial charge in [0.1, 0.15) is 11.5 Å². The number of ketones is 1. The van der Waals surface area contributed by atoms with Crippen molar-refractivity contribution in [1.82, 2.24) is 0 Å². The maximum atomic E-state index is 14.2. The van der Waals surface area contributed by atoms with Gasteiger partial charge in [0.2, 0.25) is 0 Å². The molecule has 0 spiro atoms. The lowest BCUT2D eigenvalue weighted by atomic mass is 9.46. The molecule has 170 valence electrons. The fourth-order valence-corrected chi connectivity index (χ4v) is 7.52. The monoisotopic (exact) mass is 438 g/mol. The van der Waals surface area contributed by atoms with Crippen LogP contribution in [0.25, 0.3) is 0 Å². The summed E-state index contributed by atoms with van der Waals surface area (Å²) in [6.45, 7) is 3.84. The number of fused-ring (bicyclic) bond motifs is 6. The summed E-state index contributed by atoms with van der Waals surface area (Å²) in [4.78, 5) is 40.7. The van der Waals surface area contributed by atoms with Crippen molar-refractivity contribution in [3.8, 4) is 0 Å². The third kappa shape index (κ3) is 2.71. The average Bonchev–Trinajstić information content (AvgIpc) is 3.36. The van der Waals surface area contributed by atoms with Crippen molar-refractivity contribution in [2.45, 2.75) is 38.9 Å². The van der Waals surface area contributed by atoms with Crippen LogP contribution in [-0.4, -0.2) is 42.1 Å². The average molecular weight is 439 g/mol. The number of allylic oxidation sites excluding steroid dienone is 2. The molecular formula is C26H30O6. The predicted molar refractivity (Wildman–Crippen MR) is 115 cm³/mol. The van der Waals surface area contributed by atoms with Gasteiger partial charge in [-0.3, -0.25) is 9.59 Å². The first-order valence-corrected chi connectivity index (χ1v) is 11.6. The fourth-order valence-electron chi connectivity index (χ4n) is 7.52. The summed E-state index contributed by atoms with van der Waals surface area (Å²) < 4.78 is 11.4. The number of hydrogen-bond donors (Lipinski definition) is 1. The standard InChI is InChI=1S/C26H30O6/c1-13-9-10-14(2)26(25(30)31-3)21(13)22(32-24(29)15-7-5-4-6-8-15)20-17-11-16(12-18(17)27)19(20)23(26)28/h4-10,13-14,16-22,27H,11-12H2,1-3H3. The van der Waals surface area contributed by atoms with Gasteiger partial charge in [0.05, 0.1) is 18.8 Å². The highest BCUT2D eigenvalue weighted by atomic mass is 16.5. The number of benzene rings is 1. The van der Waals surface area contributed by atoms with Gasteiger partial charge in [-0.2, -0.15) is 0 Å². The van der Waals surface area contributed by atoms with E-state index >= 15 is 0 Å². The van der Waals surface area contributed by atoms with Crippen LogP contribution in [0.5, 0.6) is 0 Å². The molecule has 10 atom stereocenters. The summed E-state index contributed by atoms with van der Waals surface area (Å²) in [7, 11) is 1.32. The summed E-state index contributed by atoms with van der Waals surface area (Å²) in [6, 6.07) is 8.78. The van der Waals surface area contributed by atoms with Crippen LogP contribution in [0.2, 0.25) is 0 Å². The van der Waals surface area contributed by atoms with Crippen LogP contribution in [-0.2, 0) is 19.1 Å². The highest BCUT2D eigenvalue weighted by Crippen LogP contribution is 2.65. The molecule has 0 heterocycles. The number of aliphatic hydroxyl groups excluding tert-OH is 1. The van der Waals surface area contributed by atoms with Gasteiger partial charge in [0, 0.05) is 17.8 Å². The molecule has 0 aliphatic heterocycles. The molecule has 0 saturated heterocycles. The number of rotatable bonds is 3. The smallest absolute Gasteiger partial charge is 0.338 e. The molecule has 1 aromatic rings. The Labute approximate surface area is 188 Å². The number of carbonyl (C=O) groups excluding carboxylic acids is 3. The first-order valence-electron chi connectivity index (χ1n) is 11.6. The first kappa shape index (κ1) is 21.4. The molecule has 2 bridgehead atoms. The van der Waals surface area contributed by atoms with Gasteiger partial charge in [0.25, 0.3) is 0 Å². The highest BCUT2D eigenvalue weighted by molar-refractivity contribution is 6.07. The van der Waals surface area contributed by atoms with E-state index in [1.54, 1.807) is 24.3 Å². The molecule has 32 heavy (non-hydrogen) atoms. The van der Waals surface area contributed by atoms with E-state index in [0.29, 0.717) is 12.0 Å². The molecule has 5 rings (SSSR count). The quantitative estimate of drug-likeness (QED) is 0.443. The van der Waals surface area contributed by atoms with E-state index < -0.39 is 41.4 Å². The molecule has 0 aromatic heterocycles. The van der Waals surface area contributed by atoms with Gasteiger partial charge in [0.15, 0.2) is 5.78 Å². The molecule has 3 fully saturated rings. The van der Waals surface area contributed by atoms with E-state index in [9.17, 15) is 19.5 Å². The zero-order valence-electron chi connectivity index (χ0n) is 18.6. The number of Topliss-reactive ketones (excluding diaryl/α,β-unsaturated/α-hetero) is 1. The zero-order valence-corrected chi connectivity index (χ0v) is 18.6. The summed E-state index contributed by atoms with van der Waals surface area (Å²) in [6.07, 6.45) is 4.05. The molecule has 1 N–H and O–H groups in total. The van der Waals surface area contributed by atoms with Crippen molar-refractivity contribution in [1.29, 1.82) is 0 Å². The molecule has 6 heteroatoms. The Bertz CT molecular complexity index is 970. The van der Waals surface area contributed by atoms with Crippen LogP contribution in [0.3, 0.4) is 0 Å². The largest absolute Gasteiger partial charge is 0.468 e. The minimum atomic E-state index is -1.39. The van der Waals surface area contributed by atoms with Crippen LogP contribution in [0.1, 0.15) is 37.0 Å². The number of hydrogen-bond acceptors (Lipinski definition) is 6. The topological polar surface area (TPSA) is 89.9 Å². The van der Waals surface area contributed by atoms with Gasteiger partial charge in [-0.15, -0.1) is 0 Å². The number of methoxy groups -OCH3 is 1. The van der Waals surface area contributed by atoms with Gasteiger partial charge in [-0.1, -0.05) is 44.2 Å². The molecule has 3 saturated carbocycles. The predicted octanol–water partition coefficient (Wildman–Crippen LogP) is 3.05. The van der Waals surface area contributed by atoms with E-state index in [1.165, 1.54) is 7.11 Å². The van der Waals surface area contributed by atoms with Crippen LogP contribution in [0.4, 0.5) is 0 Å².